The molecule has 4 nitrogen and oxygen atoms in total. The molecular formula is C13H14Cl2N4. The number of halogens is 2. The van der Waals surface area contributed by atoms with Crippen molar-refractivity contribution in [1.29, 1.82) is 0 Å². The Morgan fingerprint density at radius 3 is 2.79 bits per heavy atom. The summed E-state index contributed by atoms with van der Waals surface area (Å²) in [5.41, 5.74) is 7.33. The van der Waals surface area contributed by atoms with E-state index in [4.69, 9.17) is 28.9 Å². The zero-order valence-electron chi connectivity index (χ0n) is 10.5. The first-order valence-electron chi connectivity index (χ1n) is 5.99. The molecule has 0 aliphatic heterocycles. The summed E-state index contributed by atoms with van der Waals surface area (Å²) in [6.07, 6.45) is 4.82. The summed E-state index contributed by atoms with van der Waals surface area (Å²) in [6.45, 7) is 2.05. The zero-order chi connectivity index (χ0) is 13.8. The molecule has 0 aromatic carbocycles. The molecule has 2 aromatic rings. The largest absolute Gasteiger partial charge is 0.327 e. The number of nitrogens with zero attached hydrogens (tertiary/aromatic N) is 3. The van der Waals surface area contributed by atoms with Gasteiger partial charge in [0.05, 0.1) is 10.0 Å². The third kappa shape index (κ3) is 3.62. The molecule has 100 valence electrons. The predicted octanol–water partition coefficient (Wildman–Crippen LogP) is 3.13. The molecule has 2 N–H and O–H groups in total. The molecule has 0 aliphatic rings. The van der Waals surface area contributed by atoms with E-state index in [1.54, 1.807) is 12.3 Å². The van der Waals surface area contributed by atoms with Gasteiger partial charge in [-0.2, -0.15) is 0 Å². The van der Waals surface area contributed by atoms with Crippen LogP contribution in [0.2, 0.25) is 10.0 Å². The second-order valence-corrected chi connectivity index (χ2v) is 5.07. The summed E-state index contributed by atoms with van der Waals surface area (Å²) < 4.78 is 0. The third-order valence-electron chi connectivity index (χ3n) is 2.73. The molecular weight excluding hydrogens is 283 g/mol. The van der Waals surface area contributed by atoms with Crippen LogP contribution in [-0.2, 0) is 6.42 Å². The van der Waals surface area contributed by atoms with E-state index in [0.29, 0.717) is 28.0 Å². The zero-order valence-corrected chi connectivity index (χ0v) is 12.0. The maximum Gasteiger partial charge on any atom is 0.179 e. The van der Waals surface area contributed by atoms with E-state index in [1.165, 1.54) is 6.20 Å². The topological polar surface area (TPSA) is 64.7 Å². The van der Waals surface area contributed by atoms with Crippen LogP contribution in [0.15, 0.2) is 24.5 Å². The molecule has 0 saturated carbocycles. The standard InChI is InChI=1S/C13H14Cl2N4/c1-2-9(16)6-10-3-4-17-13(19-10)12-11(15)5-8(14)7-18-12/h3-5,7,9H,2,6,16H2,1H3. The monoisotopic (exact) mass is 296 g/mol. The second kappa shape index (κ2) is 6.28. The first kappa shape index (κ1) is 14.2. The van der Waals surface area contributed by atoms with Crippen molar-refractivity contribution in [3.05, 3.63) is 40.3 Å². The van der Waals surface area contributed by atoms with Crippen LogP contribution in [0.5, 0.6) is 0 Å². The van der Waals surface area contributed by atoms with Gasteiger partial charge in [-0.3, -0.25) is 0 Å². The summed E-state index contributed by atoms with van der Waals surface area (Å²) in [7, 11) is 0. The van der Waals surface area contributed by atoms with Crippen LogP contribution in [-0.4, -0.2) is 21.0 Å². The maximum atomic E-state index is 6.10. The maximum absolute atomic E-state index is 6.10. The average Bonchev–Trinajstić information content (AvgIpc) is 2.39. The van der Waals surface area contributed by atoms with Crippen molar-refractivity contribution in [2.75, 3.05) is 0 Å². The summed E-state index contributed by atoms with van der Waals surface area (Å²) in [5.74, 6) is 0.488. The fraction of sp³-hybridized carbons (Fsp3) is 0.308. The molecule has 19 heavy (non-hydrogen) atoms. The highest BCUT2D eigenvalue weighted by atomic mass is 35.5. The number of rotatable bonds is 4. The van der Waals surface area contributed by atoms with Crippen LogP contribution in [0.3, 0.4) is 0 Å². The summed E-state index contributed by atoms with van der Waals surface area (Å²) in [5, 5.41) is 0.919. The molecule has 2 aromatic heterocycles. The lowest BCUT2D eigenvalue weighted by Crippen LogP contribution is -2.22. The van der Waals surface area contributed by atoms with E-state index in [2.05, 4.69) is 15.0 Å². The highest BCUT2D eigenvalue weighted by molar-refractivity contribution is 6.35. The van der Waals surface area contributed by atoms with Crippen molar-refractivity contribution < 1.29 is 0 Å². The van der Waals surface area contributed by atoms with Crippen molar-refractivity contribution in [1.82, 2.24) is 15.0 Å². The van der Waals surface area contributed by atoms with Crippen molar-refractivity contribution in [3.63, 3.8) is 0 Å². The van der Waals surface area contributed by atoms with Gasteiger partial charge >= 0.3 is 0 Å². The Bertz CT molecular complexity index is 574. The van der Waals surface area contributed by atoms with Gasteiger partial charge in [-0.25, -0.2) is 15.0 Å². The van der Waals surface area contributed by atoms with Crippen LogP contribution in [0.4, 0.5) is 0 Å². The van der Waals surface area contributed by atoms with Crippen molar-refractivity contribution in [2.24, 2.45) is 5.73 Å². The van der Waals surface area contributed by atoms with Gasteiger partial charge in [-0.15, -0.1) is 0 Å². The molecule has 0 fully saturated rings. The highest BCUT2D eigenvalue weighted by Gasteiger charge is 2.10. The van der Waals surface area contributed by atoms with E-state index in [9.17, 15) is 0 Å². The van der Waals surface area contributed by atoms with Gasteiger partial charge in [0.1, 0.15) is 5.69 Å². The first-order chi connectivity index (χ1) is 9.10. The summed E-state index contributed by atoms with van der Waals surface area (Å²) >= 11 is 11.9. The average molecular weight is 297 g/mol. The first-order valence-corrected chi connectivity index (χ1v) is 6.74. The van der Waals surface area contributed by atoms with Crippen LogP contribution >= 0.6 is 23.2 Å². The van der Waals surface area contributed by atoms with Crippen molar-refractivity contribution >= 4 is 23.2 Å². The van der Waals surface area contributed by atoms with E-state index >= 15 is 0 Å². The van der Waals surface area contributed by atoms with Gasteiger partial charge in [-0.05, 0) is 18.6 Å². The van der Waals surface area contributed by atoms with E-state index in [-0.39, 0.29) is 6.04 Å². The quantitative estimate of drug-likeness (QED) is 0.941. The molecule has 2 rings (SSSR count). The number of aromatic nitrogens is 3. The number of hydrogen-bond acceptors (Lipinski definition) is 4. The Hall–Kier alpha value is -1.23. The molecule has 0 amide bonds. The van der Waals surface area contributed by atoms with E-state index in [0.717, 1.165) is 12.1 Å². The number of pyridine rings is 1. The minimum absolute atomic E-state index is 0.0939. The molecule has 0 aliphatic carbocycles. The molecule has 6 heteroatoms. The molecule has 2 heterocycles. The molecule has 1 unspecified atom stereocenters. The van der Waals surface area contributed by atoms with E-state index < -0.39 is 0 Å². The molecule has 0 spiro atoms. The fourth-order valence-corrected chi connectivity index (χ4v) is 2.08. The molecule has 1 atom stereocenters. The molecule has 0 saturated heterocycles. The van der Waals surface area contributed by atoms with Gasteiger partial charge < -0.3 is 5.73 Å². The Morgan fingerprint density at radius 1 is 1.32 bits per heavy atom. The number of nitrogens with two attached hydrogens (primary N) is 1. The van der Waals surface area contributed by atoms with E-state index in [1.807, 2.05) is 13.0 Å². The Balaban J connectivity index is 2.32. The predicted molar refractivity (Wildman–Crippen MR) is 77.3 cm³/mol. The van der Waals surface area contributed by atoms with Crippen LogP contribution in [0.1, 0.15) is 19.0 Å². The summed E-state index contributed by atoms with van der Waals surface area (Å²) in [6, 6.07) is 3.57. The lowest BCUT2D eigenvalue weighted by molar-refractivity contribution is 0.636. The minimum atomic E-state index is 0.0939. The normalized spacial score (nSPS) is 12.4. The fourth-order valence-electron chi connectivity index (χ4n) is 1.62. The SMILES string of the molecule is CCC(N)Cc1ccnc(-c2ncc(Cl)cc2Cl)n1. The Morgan fingerprint density at radius 2 is 2.11 bits per heavy atom. The minimum Gasteiger partial charge on any atom is -0.327 e. The second-order valence-electron chi connectivity index (χ2n) is 4.23. The van der Waals surface area contributed by atoms with Crippen LogP contribution < -0.4 is 5.73 Å². The number of hydrogen-bond donors (Lipinski definition) is 1. The van der Waals surface area contributed by atoms with Crippen LogP contribution in [0, 0.1) is 0 Å². The van der Waals surface area contributed by atoms with Gasteiger partial charge in [0.2, 0.25) is 0 Å². The van der Waals surface area contributed by atoms with Crippen molar-refractivity contribution in [2.45, 2.75) is 25.8 Å². The lowest BCUT2D eigenvalue weighted by atomic mass is 10.1. The smallest absolute Gasteiger partial charge is 0.179 e. The lowest BCUT2D eigenvalue weighted by Gasteiger charge is -2.09. The van der Waals surface area contributed by atoms with Crippen LogP contribution in [0.25, 0.3) is 11.5 Å². The highest BCUT2D eigenvalue weighted by Crippen LogP contribution is 2.25. The van der Waals surface area contributed by atoms with Gasteiger partial charge in [0.25, 0.3) is 0 Å². The van der Waals surface area contributed by atoms with Gasteiger partial charge in [-0.1, -0.05) is 30.1 Å². The Labute approximate surface area is 122 Å². The summed E-state index contributed by atoms with van der Waals surface area (Å²) in [4.78, 5) is 12.8. The Kier molecular flexibility index (Phi) is 4.69. The van der Waals surface area contributed by atoms with Crippen molar-refractivity contribution in [3.8, 4) is 11.5 Å². The third-order valence-corrected chi connectivity index (χ3v) is 3.22. The molecule has 0 bridgehead atoms. The van der Waals surface area contributed by atoms with Gasteiger partial charge in [0.15, 0.2) is 5.82 Å². The molecule has 0 radical (unpaired) electrons. The van der Waals surface area contributed by atoms with Gasteiger partial charge in [0, 0.05) is 30.6 Å².